The topological polar surface area (TPSA) is 70.7 Å². The molecule has 0 aliphatic carbocycles. The van der Waals surface area contributed by atoms with E-state index in [0.29, 0.717) is 37.5 Å². The lowest BCUT2D eigenvalue weighted by Crippen LogP contribution is -2.59. The van der Waals surface area contributed by atoms with Crippen LogP contribution in [0.5, 0.6) is 5.75 Å². The molecule has 6 nitrogen and oxygen atoms in total. The molecular weight excluding hydrogens is 270 g/mol. The maximum atomic E-state index is 12.7. The van der Waals surface area contributed by atoms with E-state index in [1.165, 1.54) is 7.11 Å². The third kappa shape index (κ3) is 3.33. The zero-order chi connectivity index (χ0) is 15.2. The highest BCUT2D eigenvalue weighted by atomic mass is 16.5. The molecule has 2 rings (SSSR count). The highest BCUT2D eigenvalue weighted by Gasteiger charge is 2.33. The number of likely N-dealkylation sites (N-methyl/N-ethyl adjacent to an activating group) is 1. The van der Waals surface area contributed by atoms with Crippen molar-refractivity contribution >= 4 is 11.8 Å². The molecule has 1 saturated heterocycles. The van der Waals surface area contributed by atoms with E-state index in [9.17, 15) is 9.59 Å². The summed E-state index contributed by atoms with van der Waals surface area (Å²) in [6.07, 6.45) is 0. The van der Waals surface area contributed by atoms with Gasteiger partial charge >= 0.3 is 0 Å². The Labute approximate surface area is 124 Å². The maximum absolute atomic E-state index is 12.7. The van der Waals surface area contributed by atoms with E-state index in [1.54, 1.807) is 23.1 Å². The van der Waals surface area contributed by atoms with Gasteiger partial charge in [-0.15, -0.1) is 0 Å². The number of ether oxygens (including phenoxy) is 1. The number of hydrogen-bond acceptors (Lipinski definition) is 4. The number of rotatable bonds is 4. The van der Waals surface area contributed by atoms with E-state index in [1.807, 2.05) is 13.0 Å². The van der Waals surface area contributed by atoms with Gasteiger partial charge in [0.25, 0.3) is 5.91 Å². The average Bonchev–Trinajstić information content (AvgIpc) is 2.54. The predicted octanol–water partition coefficient (Wildman–Crippen LogP) is 0.245. The van der Waals surface area contributed by atoms with E-state index in [4.69, 9.17) is 4.74 Å². The van der Waals surface area contributed by atoms with Crippen LogP contribution in [-0.2, 0) is 4.79 Å². The number of benzene rings is 1. The van der Waals surface area contributed by atoms with Crippen molar-refractivity contribution < 1.29 is 14.3 Å². The second kappa shape index (κ2) is 7.08. The molecule has 1 atom stereocenters. The summed E-state index contributed by atoms with van der Waals surface area (Å²) in [5, 5.41) is 5.93. The van der Waals surface area contributed by atoms with Crippen molar-refractivity contribution in [1.29, 1.82) is 0 Å². The molecule has 0 spiro atoms. The molecule has 2 amide bonds. The van der Waals surface area contributed by atoms with E-state index < -0.39 is 6.04 Å². The van der Waals surface area contributed by atoms with Crippen molar-refractivity contribution in [2.24, 2.45) is 0 Å². The van der Waals surface area contributed by atoms with Gasteiger partial charge in [0.05, 0.1) is 12.7 Å². The molecule has 1 aromatic rings. The quantitative estimate of drug-likeness (QED) is 0.834. The van der Waals surface area contributed by atoms with E-state index in [2.05, 4.69) is 10.6 Å². The first-order chi connectivity index (χ1) is 10.2. The molecule has 1 aromatic carbocycles. The molecule has 1 fully saturated rings. The molecule has 21 heavy (non-hydrogen) atoms. The average molecular weight is 291 g/mol. The lowest BCUT2D eigenvalue weighted by molar-refractivity contribution is -0.126. The monoisotopic (exact) mass is 291 g/mol. The molecule has 1 unspecified atom stereocenters. The van der Waals surface area contributed by atoms with Crippen LogP contribution in [0.3, 0.4) is 0 Å². The number of carbonyl (C=O) groups excluding carboxylic acids is 2. The summed E-state index contributed by atoms with van der Waals surface area (Å²) >= 11 is 0. The molecule has 0 aromatic heterocycles. The minimum atomic E-state index is -0.490. The van der Waals surface area contributed by atoms with Gasteiger partial charge in [-0.3, -0.25) is 9.59 Å². The number of carbonyl (C=O) groups is 2. The second-order valence-electron chi connectivity index (χ2n) is 4.81. The third-order valence-electron chi connectivity index (χ3n) is 3.50. The zero-order valence-electron chi connectivity index (χ0n) is 12.4. The fourth-order valence-electron chi connectivity index (χ4n) is 2.45. The first-order valence-electron chi connectivity index (χ1n) is 7.11. The Hall–Kier alpha value is -2.08. The second-order valence-corrected chi connectivity index (χ2v) is 4.81. The van der Waals surface area contributed by atoms with Crippen LogP contribution >= 0.6 is 0 Å². The van der Waals surface area contributed by atoms with Gasteiger partial charge in [-0.05, 0) is 19.1 Å². The summed E-state index contributed by atoms with van der Waals surface area (Å²) in [5.41, 5.74) is 0.483. The number of nitrogens with one attached hydrogen (secondary N) is 2. The first kappa shape index (κ1) is 15.3. The van der Waals surface area contributed by atoms with Crippen molar-refractivity contribution in [2.75, 3.05) is 33.3 Å². The summed E-state index contributed by atoms with van der Waals surface area (Å²) in [6.45, 7) is 4.05. The van der Waals surface area contributed by atoms with Crippen LogP contribution in [0.4, 0.5) is 0 Å². The fraction of sp³-hybridized carbons (Fsp3) is 0.467. The summed E-state index contributed by atoms with van der Waals surface area (Å²) < 4.78 is 5.24. The summed E-state index contributed by atoms with van der Waals surface area (Å²) in [7, 11) is 1.53. The number of hydrogen-bond donors (Lipinski definition) is 2. The smallest absolute Gasteiger partial charge is 0.258 e. The van der Waals surface area contributed by atoms with Crippen LogP contribution in [-0.4, -0.2) is 56.0 Å². The lowest BCUT2D eigenvalue weighted by Gasteiger charge is -2.35. The van der Waals surface area contributed by atoms with Crippen molar-refractivity contribution in [3.63, 3.8) is 0 Å². The van der Waals surface area contributed by atoms with Gasteiger partial charge in [0.15, 0.2) is 0 Å². The highest BCUT2D eigenvalue weighted by Crippen LogP contribution is 2.21. The molecule has 1 aliphatic heterocycles. The number of methoxy groups -OCH3 is 1. The van der Waals surface area contributed by atoms with Gasteiger partial charge in [0, 0.05) is 26.2 Å². The number of para-hydroxylation sites is 1. The third-order valence-corrected chi connectivity index (χ3v) is 3.50. The fourth-order valence-corrected chi connectivity index (χ4v) is 2.45. The summed E-state index contributed by atoms with van der Waals surface area (Å²) in [4.78, 5) is 26.5. The minimum absolute atomic E-state index is 0.132. The van der Waals surface area contributed by atoms with Crippen LogP contribution in [0.2, 0.25) is 0 Å². The van der Waals surface area contributed by atoms with Crippen LogP contribution in [0.25, 0.3) is 0 Å². The SMILES string of the molecule is CCNC(=O)C1CNCCN1C(=O)c1ccccc1OC. The Morgan fingerprint density at radius 1 is 1.43 bits per heavy atom. The van der Waals surface area contributed by atoms with Crippen molar-refractivity contribution in [2.45, 2.75) is 13.0 Å². The van der Waals surface area contributed by atoms with Crippen LogP contribution in [0.1, 0.15) is 17.3 Å². The van der Waals surface area contributed by atoms with E-state index in [0.717, 1.165) is 0 Å². The van der Waals surface area contributed by atoms with Gasteiger partial charge < -0.3 is 20.3 Å². The van der Waals surface area contributed by atoms with Gasteiger partial charge in [-0.1, -0.05) is 12.1 Å². The maximum Gasteiger partial charge on any atom is 0.258 e. The standard InChI is InChI=1S/C15H21N3O3/c1-3-17-14(19)12-10-16-8-9-18(12)15(20)11-6-4-5-7-13(11)21-2/h4-7,12,16H,3,8-10H2,1-2H3,(H,17,19). The van der Waals surface area contributed by atoms with Gasteiger partial charge in [-0.25, -0.2) is 0 Å². The number of piperazine rings is 1. The van der Waals surface area contributed by atoms with Gasteiger partial charge in [0.2, 0.25) is 5.91 Å². The molecule has 2 N–H and O–H groups in total. The molecule has 0 radical (unpaired) electrons. The normalized spacial score (nSPS) is 18.2. The van der Waals surface area contributed by atoms with Crippen LogP contribution in [0.15, 0.2) is 24.3 Å². The van der Waals surface area contributed by atoms with E-state index >= 15 is 0 Å². The van der Waals surface area contributed by atoms with E-state index in [-0.39, 0.29) is 11.8 Å². The Kier molecular flexibility index (Phi) is 5.16. The van der Waals surface area contributed by atoms with Crippen molar-refractivity contribution in [3.05, 3.63) is 29.8 Å². The minimum Gasteiger partial charge on any atom is -0.496 e. The number of amides is 2. The number of nitrogens with zero attached hydrogens (tertiary/aromatic N) is 1. The largest absolute Gasteiger partial charge is 0.496 e. The molecule has 0 bridgehead atoms. The predicted molar refractivity (Wildman–Crippen MR) is 79.4 cm³/mol. The first-order valence-corrected chi connectivity index (χ1v) is 7.11. The van der Waals surface area contributed by atoms with Crippen LogP contribution in [0, 0.1) is 0 Å². The summed E-state index contributed by atoms with van der Waals surface area (Å²) in [6, 6.07) is 6.58. The molecule has 0 saturated carbocycles. The lowest BCUT2D eigenvalue weighted by atomic mass is 10.1. The van der Waals surface area contributed by atoms with Gasteiger partial charge in [0.1, 0.15) is 11.8 Å². The molecule has 1 aliphatic rings. The Balaban J connectivity index is 2.24. The van der Waals surface area contributed by atoms with Gasteiger partial charge in [-0.2, -0.15) is 0 Å². The van der Waals surface area contributed by atoms with Crippen LogP contribution < -0.4 is 15.4 Å². The Morgan fingerprint density at radius 3 is 2.90 bits per heavy atom. The van der Waals surface area contributed by atoms with Crippen molar-refractivity contribution in [3.8, 4) is 5.75 Å². The highest BCUT2D eigenvalue weighted by molar-refractivity contribution is 5.99. The Morgan fingerprint density at radius 2 is 2.19 bits per heavy atom. The Bertz CT molecular complexity index is 519. The summed E-state index contributed by atoms with van der Waals surface area (Å²) in [5.74, 6) is 0.217. The zero-order valence-corrected chi connectivity index (χ0v) is 12.4. The molecule has 6 heteroatoms. The molecule has 1 heterocycles. The molecule has 114 valence electrons. The molecular formula is C15H21N3O3. The van der Waals surface area contributed by atoms with Crippen molar-refractivity contribution in [1.82, 2.24) is 15.5 Å².